The summed E-state index contributed by atoms with van der Waals surface area (Å²) in [5, 5.41) is 7.57. The van der Waals surface area contributed by atoms with Crippen LogP contribution < -0.4 is 15.5 Å². The van der Waals surface area contributed by atoms with Gasteiger partial charge in [0.15, 0.2) is 9.84 Å². The number of hydrogen-bond donors (Lipinski definition) is 2. The summed E-state index contributed by atoms with van der Waals surface area (Å²) in [4.78, 5) is 15.9. The second-order valence-electron chi connectivity index (χ2n) is 8.30. The fraction of sp³-hybridized carbons (Fsp3) is 0.476. The summed E-state index contributed by atoms with van der Waals surface area (Å²) in [6.45, 7) is 3.89. The maximum absolute atomic E-state index is 12.4. The van der Waals surface area contributed by atoms with E-state index in [0.29, 0.717) is 22.4 Å². The largest absolute Gasteiger partial charge is 0.368 e. The van der Waals surface area contributed by atoms with Gasteiger partial charge in [-0.3, -0.25) is 0 Å². The number of fused-ring (bicyclic) bond motifs is 1. The molecule has 1 aliphatic heterocycles. The van der Waals surface area contributed by atoms with E-state index >= 15 is 0 Å². The molecule has 1 saturated heterocycles. The van der Waals surface area contributed by atoms with Crippen molar-refractivity contribution < 1.29 is 8.42 Å². The number of nitrogens with zero attached hydrogens (tertiary/aromatic N) is 5. The second-order valence-corrected chi connectivity index (χ2v) is 10.3. The molecule has 2 fully saturated rings. The molecule has 3 aromatic heterocycles. The van der Waals surface area contributed by atoms with E-state index in [0.717, 1.165) is 62.9 Å². The zero-order valence-electron chi connectivity index (χ0n) is 18.0. The zero-order chi connectivity index (χ0) is 21.4. The normalized spacial score (nSPS) is 17.5. The summed E-state index contributed by atoms with van der Waals surface area (Å²) < 4.78 is 26.7. The van der Waals surface area contributed by atoms with Crippen molar-refractivity contribution in [2.75, 3.05) is 42.7 Å². The summed E-state index contributed by atoms with van der Waals surface area (Å²) in [5.41, 5.74) is 1.75. The van der Waals surface area contributed by atoms with Crippen LogP contribution in [0.15, 0.2) is 35.6 Å². The molecule has 0 amide bonds. The van der Waals surface area contributed by atoms with Crippen LogP contribution in [-0.4, -0.2) is 60.4 Å². The van der Waals surface area contributed by atoms with E-state index in [2.05, 4.69) is 30.5 Å². The van der Waals surface area contributed by atoms with E-state index in [9.17, 15) is 8.42 Å². The first-order valence-corrected chi connectivity index (χ1v) is 12.6. The van der Waals surface area contributed by atoms with Gasteiger partial charge in [-0.05, 0) is 31.0 Å². The van der Waals surface area contributed by atoms with Gasteiger partial charge in [-0.15, -0.1) is 12.4 Å². The van der Waals surface area contributed by atoms with Crippen molar-refractivity contribution in [3.8, 4) is 0 Å². The Hall–Kier alpha value is -2.43. The molecule has 11 heteroatoms. The lowest BCUT2D eigenvalue weighted by atomic mass is 10.2. The van der Waals surface area contributed by atoms with Crippen molar-refractivity contribution >= 4 is 50.7 Å². The summed E-state index contributed by atoms with van der Waals surface area (Å²) in [6.07, 6.45) is 8.93. The molecule has 2 aliphatic rings. The zero-order valence-corrected chi connectivity index (χ0v) is 19.6. The average Bonchev–Trinajstić information content (AvgIpc) is 3.42. The molecular formula is C21H28ClN7O2S. The molecule has 9 nitrogen and oxygen atoms in total. The quantitative estimate of drug-likeness (QED) is 0.578. The maximum atomic E-state index is 12.4. The number of piperazine rings is 1. The molecule has 0 aromatic carbocycles. The molecule has 0 spiro atoms. The lowest BCUT2D eigenvalue weighted by molar-refractivity contribution is 0.489. The highest BCUT2D eigenvalue weighted by Crippen LogP contribution is 2.36. The summed E-state index contributed by atoms with van der Waals surface area (Å²) >= 11 is 0. The van der Waals surface area contributed by atoms with Gasteiger partial charge in [0.2, 0.25) is 5.95 Å². The minimum absolute atomic E-state index is 0. The molecule has 0 bridgehead atoms. The van der Waals surface area contributed by atoms with Gasteiger partial charge in [-0.2, -0.15) is 4.98 Å². The van der Waals surface area contributed by atoms with Crippen LogP contribution in [0, 0.1) is 0 Å². The fourth-order valence-corrected chi connectivity index (χ4v) is 5.46. The van der Waals surface area contributed by atoms with E-state index in [1.165, 1.54) is 6.26 Å². The topological polar surface area (TPSA) is 105 Å². The smallest absolute Gasteiger partial charge is 0.230 e. The van der Waals surface area contributed by atoms with E-state index in [4.69, 9.17) is 0 Å². The van der Waals surface area contributed by atoms with Crippen molar-refractivity contribution in [3.63, 3.8) is 0 Å². The fourth-order valence-electron chi connectivity index (χ4n) is 4.53. The molecule has 5 rings (SSSR count). The van der Waals surface area contributed by atoms with Crippen LogP contribution in [0.5, 0.6) is 0 Å². The Morgan fingerprint density at radius 2 is 1.84 bits per heavy atom. The molecule has 4 heterocycles. The Morgan fingerprint density at radius 1 is 1.09 bits per heavy atom. The number of rotatable bonds is 5. The summed E-state index contributed by atoms with van der Waals surface area (Å²) in [7, 11) is -3.37. The first kappa shape index (κ1) is 22.8. The Labute approximate surface area is 194 Å². The van der Waals surface area contributed by atoms with E-state index in [-0.39, 0.29) is 18.4 Å². The Bertz CT molecular complexity index is 1180. The van der Waals surface area contributed by atoms with Crippen LogP contribution in [0.2, 0.25) is 0 Å². The Balaban J connectivity index is 0.00000245. The molecule has 0 radical (unpaired) electrons. The third kappa shape index (κ3) is 4.53. The van der Waals surface area contributed by atoms with Gasteiger partial charge in [0, 0.05) is 50.1 Å². The molecule has 1 aliphatic carbocycles. The van der Waals surface area contributed by atoms with Gasteiger partial charge in [-0.25, -0.2) is 18.4 Å². The van der Waals surface area contributed by atoms with Gasteiger partial charge < -0.3 is 20.1 Å². The van der Waals surface area contributed by atoms with Crippen molar-refractivity contribution in [2.24, 2.45) is 0 Å². The number of aromatic nitrogens is 4. The lowest BCUT2D eigenvalue weighted by Gasteiger charge is -2.29. The van der Waals surface area contributed by atoms with Gasteiger partial charge in [-0.1, -0.05) is 12.8 Å². The maximum Gasteiger partial charge on any atom is 0.230 e. The van der Waals surface area contributed by atoms with E-state index < -0.39 is 9.84 Å². The van der Waals surface area contributed by atoms with Crippen LogP contribution in [0.1, 0.15) is 31.7 Å². The van der Waals surface area contributed by atoms with Crippen molar-refractivity contribution in [1.82, 2.24) is 24.8 Å². The van der Waals surface area contributed by atoms with Crippen molar-refractivity contribution in [1.29, 1.82) is 0 Å². The van der Waals surface area contributed by atoms with Gasteiger partial charge in [0.25, 0.3) is 0 Å². The standard InChI is InChI=1S/C21H27N7O2S.ClH/c1-31(29,30)19-12-15-13-24-21(26-20(15)28(19)16-4-2-3-5-16)25-18-7-6-17(14-23-18)27-10-8-22-9-11-27;/h6-7,12-14,16,22H,2-5,8-11H2,1H3,(H,23,24,25,26);1H. The highest BCUT2D eigenvalue weighted by atomic mass is 35.5. The van der Waals surface area contributed by atoms with Gasteiger partial charge >= 0.3 is 0 Å². The van der Waals surface area contributed by atoms with Gasteiger partial charge in [0.05, 0.1) is 11.9 Å². The number of hydrogen-bond acceptors (Lipinski definition) is 8. The van der Waals surface area contributed by atoms with Crippen LogP contribution in [0.4, 0.5) is 17.5 Å². The predicted octanol–water partition coefficient (Wildman–Crippen LogP) is 2.92. The molecule has 0 unspecified atom stereocenters. The summed E-state index contributed by atoms with van der Waals surface area (Å²) in [5.74, 6) is 1.06. The molecular weight excluding hydrogens is 450 g/mol. The lowest BCUT2D eigenvalue weighted by Crippen LogP contribution is -2.43. The minimum Gasteiger partial charge on any atom is -0.368 e. The Kier molecular flexibility index (Phi) is 6.55. The molecule has 172 valence electrons. The van der Waals surface area contributed by atoms with Gasteiger partial charge in [0.1, 0.15) is 16.5 Å². The van der Waals surface area contributed by atoms with E-state index in [1.54, 1.807) is 12.3 Å². The van der Waals surface area contributed by atoms with Crippen LogP contribution >= 0.6 is 12.4 Å². The van der Waals surface area contributed by atoms with Crippen LogP contribution in [0.3, 0.4) is 0 Å². The number of nitrogens with one attached hydrogen (secondary N) is 2. The molecule has 3 aromatic rings. The third-order valence-electron chi connectivity index (χ3n) is 6.08. The number of halogens is 1. The van der Waals surface area contributed by atoms with Crippen LogP contribution in [-0.2, 0) is 9.84 Å². The SMILES string of the molecule is CS(=O)(=O)c1cc2cnc(Nc3ccc(N4CCNCC4)cn3)nc2n1C1CCCC1.Cl. The highest BCUT2D eigenvalue weighted by molar-refractivity contribution is 7.90. The third-order valence-corrected chi connectivity index (χ3v) is 7.15. The second kappa shape index (κ2) is 9.21. The van der Waals surface area contributed by atoms with Crippen LogP contribution in [0.25, 0.3) is 11.0 Å². The van der Waals surface area contributed by atoms with E-state index in [1.807, 2.05) is 22.9 Å². The number of sulfone groups is 1. The first-order valence-electron chi connectivity index (χ1n) is 10.8. The molecule has 2 N–H and O–H groups in total. The molecule has 32 heavy (non-hydrogen) atoms. The number of anilines is 3. The number of pyridine rings is 1. The summed E-state index contributed by atoms with van der Waals surface area (Å²) in [6, 6.07) is 5.81. The average molecular weight is 478 g/mol. The molecule has 0 atom stereocenters. The van der Waals surface area contributed by atoms with Crippen molar-refractivity contribution in [3.05, 3.63) is 30.6 Å². The highest BCUT2D eigenvalue weighted by Gasteiger charge is 2.26. The first-order chi connectivity index (χ1) is 15.0. The monoisotopic (exact) mass is 477 g/mol. The van der Waals surface area contributed by atoms with Crippen molar-refractivity contribution in [2.45, 2.75) is 36.8 Å². The molecule has 1 saturated carbocycles. The Morgan fingerprint density at radius 3 is 2.50 bits per heavy atom. The predicted molar refractivity (Wildman–Crippen MR) is 128 cm³/mol. The minimum atomic E-state index is -3.37.